The predicted molar refractivity (Wildman–Crippen MR) is 78.2 cm³/mol. The highest BCUT2D eigenvalue weighted by atomic mass is 35.5. The first kappa shape index (κ1) is 15.8. The normalized spacial score (nSPS) is 17.9. The molecule has 1 saturated heterocycles. The molecule has 0 aromatic heterocycles. The Kier molecular flexibility index (Phi) is 4.17. The van der Waals surface area contributed by atoms with E-state index in [1.54, 1.807) is 26.0 Å². The number of hydrogen-bond donors (Lipinski definition) is 0. The van der Waals surface area contributed by atoms with Crippen LogP contribution >= 0.6 is 11.6 Å². The van der Waals surface area contributed by atoms with E-state index in [4.69, 9.17) is 11.6 Å². The summed E-state index contributed by atoms with van der Waals surface area (Å²) in [5.41, 5.74) is 0.482. The molecule has 1 heterocycles. The predicted octanol–water partition coefficient (Wildman–Crippen LogP) is 1.46. The van der Waals surface area contributed by atoms with Crippen LogP contribution in [0.25, 0.3) is 0 Å². The van der Waals surface area contributed by atoms with Gasteiger partial charge in [0.25, 0.3) is 0 Å². The molecule has 0 radical (unpaired) electrons. The van der Waals surface area contributed by atoms with E-state index in [-0.39, 0.29) is 23.7 Å². The van der Waals surface area contributed by atoms with Crippen LogP contribution in [0.3, 0.4) is 0 Å². The fraction of sp³-hybridized carbons (Fsp3) is 0.500. The summed E-state index contributed by atoms with van der Waals surface area (Å²) in [7, 11) is -6.86. The molecule has 0 aliphatic carbocycles. The lowest BCUT2D eigenvalue weighted by Gasteiger charge is -2.37. The zero-order valence-corrected chi connectivity index (χ0v) is 13.6. The molecule has 1 aromatic rings. The van der Waals surface area contributed by atoms with Crippen molar-refractivity contribution in [2.24, 2.45) is 0 Å². The first-order valence-corrected chi connectivity index (χ1v) is 9.70. The van der Waals surface area contributed by atoms with Crippen molar-refractivity contribution in [3.63, 3.8) is 0 Å². The van der Waals surface area contributed by atoms with Gasteiger partial charge in [0.15, 0.2) is 9.84 Å². The van der Waals surface area contributed by atoms with Gasteiger partial charge in [0.2, 0.25) is 10.0 Å². The molecule has 0 N–H and O–H groups in total. The molecule has 1 aliphatic heterocycles. The van der Waals surface area contributed by atoms with E-state index in [2.05, 4.69) is 0 Å². The molecule has 5 nitrogen and oxygen atoms in total. The Labute approximate surface area is 124 Å². The molecule has 2 rings (SSSR count). The van der Waals surface area contributed by atoms with Gasteiger partial charge < -0.3 is 0 Å². The van der Waals surface area contributed by atoms with E-state index in [0.29, 0.717) is 10.6 Å². The van der Waals surface area contributed by atoms with Crippen molar-refractivity contribution in [2.75, 3.05) is 18.8 Å². The second kappa shape index (κ2) is 5.29. The largest absolute Gasteiger partial charge is 0.243 e. The molecule has 0 saturated carbocycles. The summed E-state index contributed by atoms with van der Waals surface area (Å²) in [6, 6.07) is 4.68. The summed E-state index contributed by atoms with van der Waals surface area (Å²) in [6.07, 6.45) is 0. The Balaban J connectivity index is 2.25. The van der Waals surface area contributed by atoms with E-state index >= 15 is 0 Å². The molecule has 1 fully saturated rings. The smallest absolute Gasteiger partial charge is 0.228 e. The van der Waals surface area contributed by atoms with E-state index in [0.717, 1.165) is 0 Å². The maximum absolute atomic E-state index is 12.4. The lowest BCUT2D eigenvalue weighted by Crippen LogP contribution is -2.57. The van der Waals surface area contributed by atoms with Crippen LogP contribution in [-0.4, -0.2) is 45.2 Å². The minimum absolute atomic E-state index is 0.0183. The number of hydrogen-bond acceptors (Lipinski definition) is 4. The Morgan fingerprint density at radius 2 is 1.85 bits per heavy atom. The molecular formula is C12H16ClNO4S2. The van der Waals surface area contributed by atoms with Crippen LogP contribution in [0.5, 0.6) is 0 Å². The van der Waals surface area contributed by atoms with Crippen LogP contribution < -0.4 is 0 Å². The number of halogens is 1. The molecule has 0 bridgehead atoms. The molecule has 1 aliphatic rings. The van der Waals surface area contributed by atoms with Crippen LogP contribution in [0.4, 0.5) is 0 Å². The van der Waals surface area contributed by atoms with Crippen LogP contribution in [0.15, 0.2) is 23.1 Å². The summed E-state index contributed by atoms with van der Waals surface area (Å²) in [5.74, 6) is 0.0295. The first-order chi connectivity index (χ1) is 9.20. The van der Waals surface area contributed by atoms with Gasteiger partial charge in [0, 0.05) is 23.9 Å². The van der Waals surface area contributed by atoms with Crippen molar-refractivity contribution in [1.82, 2.24) is 4.31 Å². The van der Waals surface area contributed by atoms with Gasteiger partial charge in [-0.15, -0.1) is 0 Å². The summed E-state index contributed by atoms with van der Waals surface area (Å²) in [4.78, 5) is 0.136. The average Bonchev–Trinajstić information content (AvgIpc) is 2.29. The highest BCUT2D eigenvalue weighted by Crippen LogP contribution is 2.29. The second-order valence-corrected chi connectivity index (χ2v) is 9.64. The third-order valence-corrected chi connectivity index (χ3v) is 8.06. The van der Waals surface area contributed by atoms with Crippen molar-refractivity contribution in [1.29, 1.82) is 0 Å². The molecule has 0 spiro atoms. The van der Waals surface area contributed by atoms with E-state index < -0.39 is 25.1 Å². The standard InChI is InChI=1S/C12H16ClNO4S2/c1-3-19(15,16)10-7-14(8-10)20(17,18)12-6-4-5-11(13)9(12)2/h4-6,10H,3,7-8H2,1-2H3. The highest BCUT2D eigenvalue weighted by Gasteiger charge is 2.43. The molecule has 0 atom stereocenters. The Hall–Kier alpha value is -0.630. The number of benzene rings is 1. The molecule has 1 aromatic carbocycles. The SMILES string of the molecule is CCS(=O)(=O)C1CN(S(=O)(=O)c2cccc(Cl)c2C)C1. The summed E-state index contributed by atoms with van der Waals surface area (Å²) < 4.78 is 49.4. The lowest BCUT2D eigenvalue weighted by atomic mass is 10.2. The van der Waals surface area contributed by atoms with Crippen LogP contribution in [0.1, 0.15) is 12.5 Å². The molecule has 112 valence electrons. The number of sulfone groups is 1. The average molecular weight is 338 g/mol. The van der Waals surface area contributed by atoms with Crippen molar-refractivity contribution < 1.29 is 16.8 Å². The third-order valence-electron chi connectivity index (χ3n) is 3.56. The van der Waals surface area contributed by atoms with Gasteiger partial charge in [-0.05, 0) is 24.6 Å². The monoisotopic (exact) mass is 337 g/mol. The molecule has 0 amide bonds. The van der Waals surface area contributed by atoms with Crippen molar-refractivity contribution in [3.05, 3.63) is 28.8 Å². The van der Waals surface area contributed by atoms with Gasteiger partial charge in [0.05, 0.1) is 10.1 Å². The fourth-order valence-corrected chi connectivity index (χ4v) is 5.55. The van der Waals surface area contributed by atoms with Crippen LogP contribution in [-0.2, 0) is 19.9 Å². The maximum atomic E-state index is 12.4. The first-order valence-electron chi connectivity index (χ1n) is 6.17. The van der Waals surface area contributed by atoms with Gasteiger partial charge in [0.1, 0.15) is 0 Å². The molecular weight excluding hydrogens is 322 g/mol. The summed E-state index contributed by atoms with van der Waals surface area (Å²) in [6.45, 7) is 3.23. The van der Waals surface area contributed by atoms with Gasteiger partial charge in [-0.25, -0.2) is 16.8 Å². The zero-order valence-electron chi connectivity index (χ0n) is 11.2. The van der Waals surface area contributed by atoms with E-state index in [1.807, 2.05) is 0 Å². The Bertz CT molecular complexity index is 722. The lowest BCUT2D eigenvalue weighted by molar-refractivity contribution is 0.309. The highest BCUT2D eigenvalue weighted by molar-refractivity contribution is 7.92. The maximum Gasteiger partial charge on any atom is 0.243 e. The summed E-state index contributed by atoms with van der Waals surface area (Å²) >= 11 is 5.93. The second-order valence-electron chi connectivity index (χ2n) is 4.76. The Morgan fingerprint density at radius 1 is 1.25 bits per heavy atom. The van der Waals surface area contributed by atoms with Crippen LogP contribution in [0.2, 0.25) is 5.02 Å². The number of sulfonamides is 1. The van der Waals surface area contributed by atoms with E-state index in [9.17, 15) is 16.8 Å². The van der Waals surface area contributed by atoms with Crippen molar-refractivity contribution in [3.8, 4) is 0 Å². The van der Waals surface area contributed by atoms with Crippen LogP contribution in [0, 0.1) is 6.92 Å². The molecule has 20 heavy (non-hydrogen) atoms. The van der Waals surface area contributed by atoms with Gasteiger partial charge in [-0.3, -0.25) is 0 Å². The number of nitrogens with zero attached hydrogens (tertiary/aromatic N) is 1. The minimum Gasteiger partial charge on any atom is -0.228 e. The summed E-state index contributed by atoms with van der Waals surface area (Å²) in [5, 5.41) is -0.217. The topological polar surface area (TPSA) is 71.5 Å². The van der Waals surface area contributed by atoms with Gasteiger partial charge in [-0.1, -0.05) is 24.6 Å². The number of rotatable bonds is 4. The third kappa shape index (κ3) is 2.59. The Morgan fingerprint density at radius 3 is 2.40 bits per heavy atom. The minimum atomic E-state index is -3.67. The zero-order chi connectivity index (χ0) is 15.1. The molecule has 8 heteroatoms. The van der Waals surface area contributed by atoms with Gasteiger partial charge >= 0.3 is 0 Å². The van der Waals surface area contributed by atoms with Crippen molar-refractivity contribution in [2.45, 2.75) is 24.0 Å². The fourth-order valence-electron chi connectivity index (χ4n) is 2.07. The quantitative estimate of drug-likeness (QED) is 0.833. The molecule has 0 unspecified atom stereocenters. The van der Waals surface area contributed by atoms with Gasteiger partial charge in [-0.2, -0.15) is 4.31 Å². The van der Waals surface area contributed by atoms with Crippen molar-refractivity contribution >= 4 is 31.5 Å². The van der Waals surface area contributed by atoms with E-state index in [1.165, 1.54) is 10.4 Å².